The van der Waals surface area contributed by atoms with Crippen LogP contribution in [0.4, 0.5) is 9.93 Å². The minimum atomic E-state index is -1.50. The highest BCUT2D eigenvalue weighted by Crippen LogP contribution is 2.45. The molecule has 3 saturated carbocycles. The zero-order valence-corrected chi connectivity index (χ0v) is 32.6. The molecule has 14 nitrogen and oxygen atoms in total. The quantitative estimate of drug-likeness (QED) is 0.152. The molecule has 0 radical (unpaired) electrons. The number of amides is 3. The number of hydrogen-bond donors (Lipinski definition) is 4. The van der Waals surface area contributed by atoms with Gasteiger partial charge in [-0.3, -0.25) is 9.59 Å². The van der Waals surface area contributed by atoms with Gasteiger partial charge in [-0.05, 0) is 56.1 Å². The molecule has 3 heterocycles. The van der Waals surface area contributed by atoms with Crippen molar-refractivity contribution in [1.82, 2.24) is 25.5 Å². The van der Waals surface area contributed by atoms with Crippen LogP contribution in [0.2, 0.25) is 0 Å². The molecule has 15 heteroatoms. The Balaban J connectivity index is 1.19. The van der Waals surface area contributed by atoms with Crippen molar-refractivity contribution in [3.05, 3.63) is 42.3 Å². The van der Waals surface area contributed by atoms with Crippen LogP contribution in [0.25, 0.3) is 22.3 Å². The van der Waals surface area contributed by atoms with Crippen LogP contribution in [0.1, 0.15) is 78.6 Å². The summed E-state index contributed by atoms with van der Waals surface area (Å²) < 4.78 is 17.8. The number of nitrogens with zero attached hydrogens (tertiary/aromatic N) is 3. The molecule has 294 valence electrons. The van der Waals surface area contributed by atoms with Crippen molar-refractivity contribution in [3.8, 4) is 22.9 Å². The average molecular weight is 775 g/mol. The third-order valence-corrected chi connectivity index (χ3v) is 12.1. The number of aromatic nitrogens is 2. The summed E-state index contributed by atoms with van der Waals surface area (Å²) in [4.78, 5) is 65.2. The maximum absolute atomic E-state index is 14.5. The summed E-state index contributed by atoms with van der Waals surface area (Å²) in [6.07, 6.45) is 7.35. The molecule has 1 saturated heterocycles. The smallest absolute Gasteiger partial charge is 0.408 e. The van der Waals surface area contributed by atoms with Gasteiger partial charge in [-0.2, -0.15) is 0 Å². The van der Waals surface area contributed by atoms with Crippen molar-refractivity contribution in [1.29, 1.82) is 0 Å². The molecule has 7 rings (SSSR count). The van der Waals surface area contributed by atoms with Gasteiger partial charge in [-0.25, -0.2) is 19.6 Å². The minimum Gasteiger partial charge on any atom is -0.497 e. The Morgan fingerprint density at radius 2 is 1.82 bits per heavy atom. The highest BCUT2D eigenvalue weighted by Gasteiger charge is 2.61. The first-order chi connectivity index (χ1) is 26.3. The maximum Gasteiger partial charge on any atom is 0.408 e. The third kappa shape index (κ3) is 8.07. The van der Waals surface area contributed by atoms with Crippen LogP contribution in [-0.4, -0.2) is 93.4 Å². The number of carbonyl (C=O) groups excluding carboxylic acids is 3. The predicted molar refractivity (Wildman–Crippen MR) is 207 cm³/mol. The van der Waals surface area contributed by atoms with Gasteiger partial charge < -0.3 is 40.2 Å². The number of anilines is 1. The fraction of sp³-hybridized carbons (Fsp3) is 0.550. The van der Waals surface area contributed by atoms with Gasteiger partial charge in [-0.1, -0.05) is 39.7 Å². The van der Waals surface area contributed by atoms with Gasteiger partial charge in [0.15, 0.2) is 5.13 Å². The first-order valence-corrected chi connectivity index (χ1v) is 20.0. The Morgan fingerprint density at radius 3 is 2.45 bits per heavy atom. The van der Waals surface area contributed by atoms with E-state index in [1.165, 1.54) is 35.2 Å². The topological polar surface area (TPSA) is 181 Å². The summed E-state index contributed by atoms with van der Waals surface area (Å²) >= 11 is 1.52. The second-order valence-electron chi connectivity index (χ2n) is 16.2. The fourth-order valence-electron chi connectivity index (χ4n) is 7.71. The van der Waals surface area contributed by atoms with Gasteiger partial charge in [0.1, 0.15) is 47.0 Å². The number of thiazole rings is 1. The number of nitrogens with one attached hydrogen (secondary N) is 3. The van der Waals surface area contributed by atoms with E-state index in [2.05, 4.69) is 22.5 Å². The van der Waals surface area contributed by atoms with Crippen molar-refractivity contribution < 1.29 is 38.5 Å². The molecule has 3 aliphatic carbocycles. The van der Waals surface area contributed by atoms with Gasteiger partial charge in [-0.15, -0.1) is 17.9 Å². The molecule has 4 fully saturated rings. The number of rotatable bonds is 13. The minimum absolute atomic E-state index is 0.00469. The lowest BCUT2D eigenvalue weighted by Crippen LogP contribution is -2.59. The van der Waals surface area contributed by atoms with E-state index in [1.54, 1.807) is 7.11 Å². The second kappa shape index (κ2) is 15.3. The molecule has 1 aromatic carbocycles. The molecule has 0 unspecified atom stereocenters. The van der Waals surface area contributed by atoms with Crippen LogP contribution in [-0.2, 0) is 19.1 Å². The number of carboxylic acids is 1. The number of carboxylic acid groups (broad SMARTS) is 1. The van der Waals surface area contributed by atoms with Gasteiger partial charge in [0.2, 0.25) is 11.8 Å². The lowest BCUT2D eigenvalue weighted by molar-refractivity contribution is -0.146. The maximum atomic E-state index is 14.5. The molecule has 1 aliphatic heterocycles. The van der Waals surface area contributed by atoms with Crippen LogP contribution in [0, 0.1) is 11.3 Å². The molecule has 4 N–H and O–H groups in total. The molecular weight excluding hydrogens is 725 g/mol. The predicted octanol–water partition coefficient (Wildman–Crippen LogP) is 5.91. The van der Waals surface area contributed by atoms with Crippen molar-refractivity contribution in [2.75, 3.05) is 19.0 Å². The Morgan fingerprint density at radius 1 is 1.05 bits per heavy atom. The van der Waals surface area contributed by atoms with Crippen LogP contribution < -0.4 is 25.4 Å². The normalized spacial score (nSPS) is 24.4. The second-order valence-corrected chi connectivity index (χ2v) is 17.1. The molecule has 3 amide bonds. The summed E-state index contributed by atoms with van der Waals surface area (Å²) in [5.74, 6) is -1.65. The lowest BCUT2D eigenvalue weighted by atomic mass is 9.85. The van der Waals surface area contributed by atoms with Crippen molar-refractivity contribution in [2.24, 2.45) is 11.3 Å². The molecule has 0 bridgehead atoms. The number of benzene rings is 1. The Labute approximate surface area is 324 Å². The number of carbonyl (C=O) groups is 4. The molecule has 2 aromatic heterocycles. The summed E-state index contributed by atoms with van der Waals surface area (Å²) in [7, 11) is 1.58. The summed E-state index contributed by atoms with van der Waals surface area (Å²) in [6, 6.07) is 5.55. The number of hydrogen-bond acceptors (Lipinski definition) is 11. The standard InChI is InChI=1S/C40H50N6O8S/c1-6-22-19-40(22,36(49)50)45-34(47)31-17-26(20-46(31)35(48)33(39(2,3)4)44-38(51)54-24-12-9-13-24)53-32-18-29(42-28-16-25(52-5)14-15-27(28)32)30-21-55-37(43-30)41-23-10-7-8-11-23/h6,14-16,18,21-24,26,31,33H,1,7-13,17,19-20H2,2-5H3,(H,41,43)(H,44,51)(H,45,47)(H,49,50)/t22-,26-,31+,33-,40-/m1/s1. The number of aliphatic carboxylic acids is 1. The fourth-order valence-corrected chi connectivity index (χ4v) is 8.50. The zero-order chi connectivity index (χ0) is 39.1. The molecule has 3 aromatic rings. The van der Waals surface area contributed by atoms with E-state index in [0.29, 0.717) is 39.8 Å². The van der Waals surface area contributed by atoms with Crippen molar-refractivity contribution >= 4 is 51.2 Å². The number of alkyl carbamates (subject to hydrolysis) is 1. The van der Waals surface area contributed by atoms with Gasteiger partial charge in [0.05, 0.1) is 24.9 Å². The lowest BCUT2D eigenvalue weighted by Gasteiger charge is -2.36. The molecule has 55 heavy (non-hydrogen) atoms. The summed E-state index contributed by atoms with van der Waals surface area (Å²) in [6.45, 7) is 9.19. The van der Waals surface area contributed by atoms with E-state index in [9.17, 15) is 24.3 Å². The largest absolute Gasteiger partial charge is 0.497 e. The summed E-state index contributed by atoms with van der Waals surface area (Å²) in [5, 5.41) is 22.6. The number of fused-ring (bicyclic) bond motifs is 1. The molecule has 4 aliphatic rings. The molecular formula is C40H50N6O8S. The first-order valence-electron chi connectivity index (χ1n) is 19.1. The number of pyridine rings is 1. The van der Waals surface area contributed by atoms with Crippen molar-refractivity contribution in [2.45, 2.75) is 114 Å². The van der Waals surface area contributed by atoms with Gasteiger partial charge in [0.25, 0.3) is 0 Å². The van der Waals surface area contributed by atoms with Crippen LogP contribution in [0.15, 0.2) is 42.3 Å². The highest BCUT2D eigenvalue weighted by molar-refractivity contribution is 7.14. The van der Waals surface area contributed by atoms with Gasteiger partial charge in [0, 0.05) is 41.3 Å². The van der Waals surface area contributed by atoms with E-state index >= 15 is 0 Å². The van der Waals surface area contributed by atoms with E-state index in [4.69, 9.17) is 24.2 Å². The Kier molecular flexibility index (Phi) is 10.7. The van der Waals surface area contributed by atoms with Crippen LogP contribution in [0.3, 0.4) is 0 Å². The van der Waals surface area contributed by atoms with E-state index < -0.39 is 58.9 Å². The van der Waals surface area contributed by atoms with E-state index in [0.717, 1.165) is 37.2 Å². The molecule has 0 spiro atoms. The van der Waals surface area contributed by atoms with Gasteiger partial charge >= 0.3 is 12.1 Å². The first kappa shape index (κ1) is 38.4. The van der Waals surface area contributed by atoms with Crippen LogP contribution in [0.5, 0.6) is 11.5 Å². The Bertz CT molecular complexity index is 1970. The Hall–Kier alpha value is -4.92. The van der Waals surface area contributed by atoms with E-state index in [1.807, 2.05) is 50.4 Å². The summed E-state index contributed by atoms with van der Waals surface area (Å²) in [5.41, 5.74) is -0.402. The number of methoxy groups -OCH3 is 1. The highest BCUT2D eigenvalue weighted by atomic mass is 32.1. The zero-order valence-electron chi connectivity index (χ0n) is 31.8. The monoisotopic (exact) mass is 774 g/mol. The number of ether oxygens (including phenoxy) is 3. The van der Waals surface area contributed by atoms with E-state index in [-0.39, 0.29) is 25.5 Å². The van der Waals surface area contributed by atoms with Crippen molar-refractivity contribution in [3.63, 3.8) is 0 Å². The van der Waals surface area contributed by atoms with Crippen LogP contribution >= 0.6 is 11.3 Å². The molecule has 5 atom stereocenters. The third-order valence-electron chi connectivity index (χ3n) is 11.3. The average Bonchev–Trinajstić information content (AvgIpc) is 3.55. The SMILES string of the molecule is C=C[C@@H]1C[C@]1(NC(=O)[C@@H]1C[C@@H](Oc2cc(-c3csc(NC4CCCC4)n3)nc3cc(OC)ccc23)CN1C(=O)[C@@H](NC(=O)OC1CCC1)C(C)(C)C)C(=O)O. The number of likely N-dealkylation sites (tertiary alicyclic amines) is 1.